The van der Waals surface area contributed by atoms with Crippen molar-refractivity contribution in [3.8, 4) is 16.9 Å². The van der Waals surface area contributed by atoms with Gasteiger partial charge in [0.05, 0.1) is 7.11 Å². The molecule has 1 heterocycles. The molecule has 0 spiro atoms. The number of benzene rings is 2. The number of hydrogen-bond acceptors (Lipinski definition) is 3. The molecule has 2 aromatic carbocycles. The molecule has 3 heteroatoms. The summed E-state index contributed by atoms with van der Waals surface area (Å²) in [5, 5.41) is 7.84. The van der Waals surface area contributed by atoms with Crippen LogP contribution in [0.1, 0.15) is 24.1 Å². The maximum Gasteiger partial charge on any atom is 0.126 e. The van der Waals surface area contributed by atoms with Crippen LogP contribution in [0.25, 0.3) is 11.1 Å². The molecule has 3 aromatic rings. The molecule has 0 saturated carbocycles. The van der Waals surface area contributed by atoms with Crippen LogP contribution in [0.3, 0.4) is 0 Å². The first-order valence-electron chi connectivity index (χ1n) is 7.75. The first-order chi connectivity index (χ1) is 11.3. The van der Waals surface area contributed by atoms with Gasteiger partial charge in [0.25, 0.3) is 0 Å². The van der Waals surface area contributed by atoms with E-state index >= 15 is 0 Å². The van der Waals surface area contributed by atoms with Crippen molar-refractivity contribution >= 4 is 11.3 Å². The molecule has 2 nitrogen and oxygen atoms in total. The lowest BCUT2D eigenvalue weighted by molar-refractivity contribution is 0.416. The molecule has 0 aliphatic carbocycles. The highest BCUT2D eigenvalue weighted by atomic mass is 32.1. The van der Waals surface area contributed by atoms with Gasteiger partial charge in [-0.3, -0.25) is 0 Å². The highest BCUT2D eigenvalue weighted by Gasteiger charge is 2.09. The van der Waals surface area contributed by atoms with Gasteiger partial charge in [0.2, 0.25) is 0 Å². The van der Waals surface area contributed by atoms with Crippen LogP contribution >= 0.6 is 11.3 Å². The molecule has 118 valence electrons. The molecule has 0 amide bonds. The van der Waals surface area contributed by atoms with Gasteiger partial charge in [-0.05, 0) is 52.6 Å². The van der Waals surface area contributed by atoms with Gasteiger partial charge < -0.3 is 10.1 Å². The number of thiophene rings is 1. The van der Waals surface area contributed by atoms with Gasteiger partial charge in [0, 0.05) is 18.2 Å². The summed E-state index contributed by atoms with van der Waals surface area (Å²) in [6, 6.07) is 19.4. The average molecular weight is 323 g/mol. The number of ether oxygens (including phenoxy) is 1. The van der Waals surface area contributed by atoms with Gasteiger partial charge in [-0.25, -0.2) is 0 Å². The summed E-state index contributed by atoms with van der Waals surface area (Å²) in [7, 11) is 1.72. The van der Waals surface area contributed by atoms with Crippen molar-refractivity contribution < 1.29 is 4.74 Å². The number of hydrogen-bond donors (Lipinski definition) is 1. The van der Waals surface area contributed by atoms with E-state index in [2.05, 4.69) is 71.5 Å². The minimum atomic E-state index is 0.322. The van der Waals surface area contributed by atoms with Crippen molar-refractivity contribution in [3.05, 3.63) is 76.5 Å². The normalized spacial score (nSPS) is 12.1. The Labute approximate surface area is 141 Å². The maximum absolute atomic E-state index is 5.50. The predicted octanol–water partition coefficient (Wildman–Crippen LogP) is 5.27. The fourth-order valence-corrected chi connectivity index (χ4v) is 3.29. The fraction of sp³-hybridized carbons (Fsp3) is 0.200. The van der Waals surface area contributed by atoms with E-state index in [1.165, 1.54) is 16.7 Å². The lowest BCUT2D eigenvalue weighted by Crippen LogP contribution is -2.18. The van der Waals surface area contributed by atoms with Crippen molar-refractivity contribution in [1.82, 2.24) is 5.32 Å². The lowest BCUT2D eigenvalue weighted by atomic mass is 10.0. The summed E-state index contributed by atoms with van der Waals surface area (Å²) in [5.41, 5.74) is 4.93. The third-order valence-corrected chi connectivity index (χ3v) is 4.69. The van der Waals surface area contributed by atoms with Gasteiger partial charge in [0.15, 0.2) is 0 Å². The highest BCUT2D eigenvalue weighted by molar-refractivity contribution is 7.08. The lowest BCUT2D eigenvalue weighted by Gasteiger charge is -2.15. The second kappa shape index (κ2) is 7.44. The molecule has 0 aliphatic rings. The van der Waals surface area contributed by atoms with Crippen LogP contribution in [0.5, 0.6) is 5.75 Å². The molecule has 1 atom stereocenters. The number of nitrogens with one attached hydrogen (secondary N) is 1. The van der Waals surface area contributed by atoms with E-state index in [1.54, 1.807) is 18.4 Å². The van der Waals surface area contributed by atoms with Gasteiger partial charge >= 0.3 is 0 Å². The monoisotopic (exact) mass is 323 g/mol. The zero-order chi connectivity index (χ0) is 16.1. The van der Waals surface area contributed by atoms with Crippen molar-refractivity contribution in [3.63, 3.8) is 0 Å². The summed E-state index contributed by atoms with van der Waals surface area (Å²) in [5.74, 6) is 0.920. The predicted molar refractivity (Wildman–Crippen MR) is 98.0 cm³/mol. The maximum atomic E-state index is 5.50. The van der Waals surface area contributed by atoms with Crippen molar-refractivity contribution in [2.45, 2.75) is 19.5 Å². The van der Waals surface area contributed by atoms with E-state index in [1.807, 2.05) is 6.07 Å². The Morgan fingerprint density at radius 3 is 2.61 bits per heavy atom. The van der Waals surface area contributed by atoms with E-state index in [0.717, 1.165) is 17.9 Å². The molecular formula is C20H21NOS. The van der Waals surface area contributed by atoms with Crippen LogP contribution in [0.2, 0.25) is 0 Å². The molecule has 3 rings (SSSR count). The molecule has 1 aromatic heterocycles. The minimum absolute atomic E-state index is 0.322. The molecule has 1 N–H and O–H groups in total. The summed E-state index contributed by atoms with van der Waals surface area (Å²) < 4.78 is 5.50. The summed E-state index contributed by atoms with van der Waals surface area (Å²) in [4.78, 5) is 0. The Morgan fingerprint density at radius 1 is 1.09 bits per heavy atom. The van der Waals surface area contributed by atoms with Gasteiger partial charge in [-0.1, -0.05) is 36.4 Å². The largest absolute Gasteiger partial charge is 0.496 e. The van der Waals surface area contributed by atoms with E-state index in [0.29, 0.717) is 6.04 Å². The molecule has 0 fully saturated rings. The van der Waals surface area contributed by atoms with Crippen LogP contribution in [-0.2, 0) is 6.54 Å². The van der Waals surface area contributed by atoms with Crippen LogP contribution in [0.15, 0.2) is 65.4 Å². The zero-order valence-electron chi connectivity index (χ0n) is 13.5. The van der Waals surface area contributed by atoms with Gasteiger partial charge in [-0.15, -0.1) is 0 Å². The summed E-state index contributed by atoms with van der Waals surface area (Å²) in [6.45, 7) is 3.02. The molecule has 0 bridgehead atoms. The first kappa shape index (κ1) is 15.8. The van der Waals surface area contributed by atoms with E-state index in [9.17, 15) is 0 Å². The summed E-state index contributed by atoms with van der Waals surface area (Å²) >= 11 is 1.70. The molecule has 0 unspecified atom stereocenters. The van der Waals surface area contributed by atoms with Crippen LogP contribution < -0.4 is 10.1 Å². The first-order valence-corrected chi connectivity index (χ1v) is 8.70. The van der Waals surface area contributed by atoms with Crippen molar-refractivity contribution in [1.29, 1.82) is 0 Å². The Kier molecular flexibility index (Phi) is 5.11. The molecule has 0 aliphatic heterocycles. The second-order valence-corrected chi connectivity index (χ2v) is 6.34. The topological polar surface area (TPSA) is 21.3 Å². The number of methoxy groups -OCH3 is 1. The van der Waals surface area contributed by atoms with E-state index < -0.39 is 0 Å². The highest BCUT2D eigenvalue weighted by Crippen LogP contribution is 2.32. The molecule has 23 heavy (non-hydrogen) atoms. The van der Waals surface area contributed by atoms with E-state index in [-0.39, 0.29) is 0 Å². The van der Waals surface area contributed by atoms with Gasteiger partial charge in [-0.2, -0.15) is 11.3 Å². The Hall–Kier alpha value is -2.10. The third-order valence-electron chi connectivity index (χ3n) is 4.01. The minimum Gasteiger partial charge on any atom is -0.496 e. The molecular weight excluding hydrogens is 302 g/mol. The quantitative estimate of drug-likeness (QED) is 0.667. The fourth-order valence-electron chi connectivity index (χ4n) is 2.64. The van der Waals surface area contributed by atoms with Crippen molar-refractivity contribution in [2.75, 3.05) is 7.11 Å². The standard InChI is InChI=1S/C20H21NOS/c1-15(17-6-4-3-5-7-17)21-13-16-8-9-20(22-2)19(12-16)18-10-11-23-14-18/h3-12,14-15,21H,13H2,1-2H3/t15-/m1/s1. The molecule has 0 radical (unpaired) electrons. The SMILES string of the molecule is COc1ccc(CN[C@H](C)c2ccccc2)cc1-c1ccsc1. The summed E-state index contributed by atoms with van der Waals surface area (Å²) in [6.07, 6.45) is 0. The van der Waals surface area contributed by atoms with Crippen LogP contribution in [-0.4, -0.2) is 7.11 Å². The Balaban J connectivity index is 1.75. The average Bonchev–Trinajstić information content (AvgIpc) is 3.14. The van der Waals surface area contributed by atoms with Crippen LogP contribution in [0.4, 0.5) is 0 Å². The smallest absolute Gasteiger partial charge is 0.126 e. The second-order valence-electron chi connectivity index (χ2n) is 5.56. The van der Waals surface area contributed by atoms with Crippen LogP contribution in [0, 0.1) is 0 Å². The number of rotatable bonds is 6. The molecule has 0 saturated heterocycles. The Bertz CT molecular complexity index is 738. The zero-order valence-corrected chi connectivity index (χ0v) is 14.3. The third kappa shape index (κ3) is 3.81. The van der Waals surface area contributed by atoms with Crippen molar-refractivity contribution in [2.24, 2.45) is 0 Å². The van der Waals surface area contributed by atoms with Gasteiger partial charge in [0.1, 0.15) is 5.75 Å². The van der Waals surface area contributed by atoms with E-state index in [4.69, 9.17) is 4.74 Å². The Morgan fingerprint density at radius 2 is 1.91 bits per heavy atom.